The molecule has 1 saturated carbocycles. The minimum Gasteiger partial charge on any atom is -0.362 e. The number of nitrogens with one attached hydrogen (secondary N) is 1. The van der Waals surface area contributed by atoms with Crippen molar-refractivity contribution in [2.24, 2.45) is 5.41 Å². The van der Waals surface area contributed by atoms with Crippen LogP contribution in [0.5, 0.6) is 0 Å². The number of aromatic nitrogens is 1. The Morgan fingerprint density at radius 1 is 1.47 bits per heavy atom. The second-order valence-corrected chi connectivity index (χ2v) is 6.78. The second-order valence-electron chi connectivity index (χ2n) is 5.86. The molecule has 1 aliphatic carbocycles. The monoisotopic (exact) mass is 327 g/mol. The maximum atomic E-state index is 11.0. The highest BCUT2D eigenvalue weighted by Gasteiger charge is 2.28. The summed E-state index contributed by atoms with van der Waals surface area (Å²) in [7, 11) is 0. The van der Waals surface area contributed by atoms with Crippen molar-refractivity contribution in [2.75, 3.05) is 5.32 Å². The van der Waals surface area contributed by atoms with Gasteiger partial charge in [-0.3, -0.25) is 10.1 Å². The highest BCUT2D eigenvalue weighted by molar-refractivity contribution is 9.10. The minimum absolute atomic E-state index is 0.0270. The van der Waals surface area contributed by atoms with Gasteiger partial charge < -0.3 is 5.32 Å². The smallest absolute Gasteiger partial charge is 0.312 e. The van der Waals surface area contributed by atoms with E-state index in [-0.39, 0.29) is 11.7 Å². The predicted octanol–water partition coefficient (Wildman–Crippen LogP) is 4.13. The molecular weight excluding hydrogens is 310 g/mol. The van der Waals surface area contributed by atoms with Gasteiger partial charge in [0, 0.05) is 22.8 Å². The first-order valence-corrected chi connectivity index (χ1v) is 7.23. The number of nitro groups is 1. The molecule has 0 aliphatic heterocycles. The number of pyridine rings is 1. The molecule has 0 saturated heterocycles. The summed E-state index contributed by atoms with van der Waals surface area (Å²) < 4.78 is 0.620. The van der Waals surface area contributed by atoms with E-state index in [1.165, 1.54) is 6.07 Å². The molecule has 0 unspecified atom stereocenters. The van der Waals surface area contributed by atoms with Gasteiger partial charge in [0.25, 0.3) is 0 Å². The molecule has 1 heterocycles. The van der Waals surface area contributed by atoms with E-state index in [1.807, 2.05) is 0 Å². The SMILES string of the molecule is CC1(C)CCC(Nc2ncc(Br)cc2[N+](=O)[O-])CC1. The van der Waals surface area contributed by atoms with Crippen LogP contribution in [0.3, 0.4) is 0 Å². The quantitative estimate of drug-likeness (QED) is 0.669. The van der Waals surface area contributed by atoms with Gasteiger partial charge in [-0.1, -0.05) is 13.8 Å². The summed E-state index contributed by atoms with van der Waals surface area (Å²) >= 11 is 3.21. The summed E-state index contributed by atoms with van der Waals surface area (Å²) in [4.78, 5) is 14.8. The lowest BCUT2D eigenvalue weighted by Gasteiger charge is -2.34. The van der Waals surface area contributed by atoms with Crippen LogP contribution in [0.1, 0.15) is 39.5 Å². The third-order valence-electron chi connectivity index (χ3n) is 3.71. The van der Waals surface area contributed by atoms with Crippen LogP contribution >= 0.6 is 15.9 Å². The van der Waals surface area contributed by atoms with Crippen LogP contribution in [-0.4, -0.2) is 15.9 Å². The molecule has 104 valence electrons. The first kappa shape index (κ1) is 14.2. The van der Waals surface area contributed by atoms with Crippen molar-refractivity contribution < 1.29 is 4.92 Å². The van der Waals surface area contributed by atoms with Crippen LogP contribution in [0, 0.1) is 15.5 Å². The van der Waals surface area contributed by atoms with Crippen molar-refractivity contribution in [3.05, 3.63) is 26.9 Å². The number of anilines is 1. The topological polar surface area (TPSA) is 68.1 Å². The molecule has 19 heavy (non-hydrogen) atoms. The Hall–Kier alpha value is -1.17. The van der Waals surface area contributed by atoms with Crippen LogP contribution in [0.2, 0.25) is 0 Å². The Morgan fingerprint density at radius 2 is 2.11 bits per heavy atom. The van der Waals surface area contributed by atoms with Gasteiger partial charge in [0.15, 0.2) is 0 Å². The first-order chi connectivity index (χ1) is 8.87. The third kappa shape index (κ3) is 3.65. The zero-order valence-corrected chi connectivity index (χ0v) is 12.7. The summed E-state index contributed by atoms with van der Waals surface area (Å²) in [5.41, 5.74) is 0.413. The zero-order valence-electron chi connectivity index (χ0n) is 11.1. The third-order valence-corrected chi connectivity index (χ3v) is 4.14. The van der Waals surface area contributed by atoms with E-state index < -0.39 is 4.92 Å². The largest absolute Gasteiger partial charge is 0.362 e. The summed E-state index contributed by atoms with van der Waals surface area (Å²) in [6.07, 6.45) is 5.91. The average Bonchev–Trinajstić information content (AvgIpc) is 2.33. The molecule has 2 rings (SSSR count). The van der Waals surface area contributed by atoms with E-state index in [4.69, 9.17) is 0 Å². The maximum Gasteiger partial charge on any atom is 0.312 e. The lowest BCUT2D eigenvalue weighted by Crippen LogP contribution is -2.30. The molecule has 0 spiro atoms. The lowest BCUT2D eigenvalue weighted by atomic mass is 9.75. The molecule has 1 aromatic heterocycles. The van der Waals surface area contributed by atoms with Crippen molar-refractivity contribution >= 4 is 27.4 Å². The summed E-state index contributed by atoms with van der Waals surface area (Å²) in [5, 5.41) is 14.2. The standard InChI is InChI=1S/C13H18BrN3O2/c1-13(2)5-3-10(4-6-13)16-12-11(17(18)19)7-9(14)8-15-12/h7-8,10H,3-6H2,1-2H3,(H,15,16). The summed E-state index contributed by atoms with van der Waals surface area (Å²) in [6, 6.07) is 1.77. The molecule has 0 bridgehead atoms. The van der Waals surface area contributed by atoms with Gasteiger partial charge in [-0.05, 0) is 47.0 Å². The fourth-order valence-corrected chi connectivity index (χ4v) is 2.74. The maximum absolute atomic E-state index is 11.0. The molecule has 0 amide bonds. The Kier molecular flexibility index (Phi) is 4.08. The number of rotatable bonds is 3. The molecule has 1 aromatic rings. The van der Waals surface area contributed by atoms with Gasteiger partial charge in [-0.25, -0.2) is 4.98 Å². The van der Waals surface area contributed by atoms with Gasteiger partial charge >= 0.3 is 5.69 Å². The van der Waals surface area contributed by atoms with Crippen molar-refractivity contribution in [1.29, 1.82) is 0 Å². The van der Waals surface area contributed by atoms with Crippen LogP contribution in [-0.2, 0) is 0 Å². The van der Waals surface area contributed by atoms with E-state index in [0.717, 1.165) is 25.7 Å². The van der Waals surface area contributed by atoms with Gasteiger partial charge in [-0.2, -0.15) is 0 Å². The Morgan fingerprint density at radius 3 is 2.68 bits per heavy atom. The predicted molar refractivity (Wildman–Crippen MR) is 78.3 cm³/mol. The van der Waals surface area contributed by atoms with E-state index in [0.29, 0.717) is 15.7 Å². The van der Waals surface area contributed by atoms with Crippen molar-refractivity contribution in [3.63, 3.8) is 0 Å². The Balaban J connectivity index is 2.10. The highest BCUT2D eigenvalue weighted by Crippen LogP contribution is 2.37. The number of halogens is 1. The van der Waals surface area contributed by atoms with E-state index in [1.54, 1.807) is 6.20 Å². The highest BCUT2D eigenvalue weighted by atomic mass is 79.9. The van der Waals surface area contributed by atoms with Gasteiger partial charge in [0.05, 0.1) is 4.92 Å². The van der Waals surface area contributed by atoms with Gasteiger partial charge in [0.2, 0.25) is 5.82 Å². The first-order valence-electron chi connectivity index (χ1n) is 6.44. The normalized spacial score (nSPS) is 19.1. The van der Waals surface area contributed by atoms with E-state index >= 15 is 0 Å². The second kappa shape index (κ2) is 5.45. The molecule has 1 aliphatic rings. The molecule has 0 atom stereocenters. The minimum atomic E-state index is -0.396. The fraction of sp³-hybridized carbons (Fsp3) is 0.615. The zero-order chi connectivity index (χ0) is 14.0. The van der Waals surface area contributed by atoms with Crippen LogP contribution in [0.4, 0.5) is 11.5 Å². The fourth-order valence-electron chi connectivity index (χ4n) is 2.42. The Bertz CT molecular complexity index is 481. The van der Waals surface area contributed by atoms with Crippen LogP contribution in [0.25, 0.3) is 0 Å². The molecule has 1 fully saturated rings. The van der Waals surface area contributed by atoms with Crippen molar-refractivity contribution in [2.45, 2.75) is 45.6 Å². The number of hydrogen-bond acceptors (Lipinski definition) is 4. The molecule has 5 nitrogen and oxygen atoms in total. The van der Waals surface area contributed by atoms with Crippen LogP contribution in [0.15, 0.2) is 16.7 Å². The summed E-state index contributed by atoms with van der Waals surface area (Å²) in [6.45, 7) is 4.53. The molecule has 6 heteroatoms. The number of nitrogens with zero attached hydrogens (tertiary/aromatic N) is 2. The average molecular weight is 328 g/mol. The number of hydrogen-bond donors (Lipinski definition) is 1. The Labute approximate surface area is 121 Å². The van der Waals surface area contributed by atoms with Gasteiger partial charge in [-0.15, -0.1) is 0 Å². The van der Waals surface area contributed by atoms with Crippen molar-refractivity contribution in [1.82, 2.24) is 4.98 Å². The molecular formula is C13H18BrN3O2. The van der Waals surface area contributed by atoms with Crippen LogP contribution < -0.4 is 5.32 Å². The lowest BCUT2D eigenvalue weighted by molar-refractivity contribution is -0.384. The van der Waals surface area contributed by atoms with Crippen molar-refractivity contribution in [3.8, 4) is 0 Å². The van der Waals surface area contributed by atoms with E-state index in [2.05, 4.69) is 40.1 Å². The molecule has 0 aromatic carbocycles. The summed E-state index contributed by atoms with van der Waals surface area (Å²) in [5.74, 6) is 0.373. The van der Waals surface area contributed by atoms with Gasteiger partial charge in [0.1, 0.15) is 0 Å². The van der Waals surface area contributed by atoms with E-state index in [9.17, 15) is 10.1 Å². The molecule has 1 N–H and O–H groups in total. The molecule has 0 radical (unpaired) electrons.